The van der Waals surface area contributed by atoms with Crippen LogP contribution in [0.4, 0.5) is 0 Å². The van der Waals surface area contributed by atoms with Crippen molar-refractivity contribution in [2.75, 3.05) is 0 Å². The average molecular weight is 695 g/mol. The first-order chi connectivity index (χ1) is 27.2. The standard InChI is InChI=1S/C54H30O/c1-2-7-31(8-3-1)40-21-15-35-20-26-45-42(23-17-36-19-25-43(40)52(35)53(36)45)46-28-39(30-49-54(46)47-27-37-9-4-5-10-38(37)29-48(47)55-49)41-22-16-34-14-13-32-11-6-12-33-18-24-44(41)51(34)50(32)33/h1-30H. The van der Waals surface area contributed by atoms with E-state index < -0.39 is 0 Å². The summed E-state index contributed by atoms with van der Waals surface area (Å²) in [5.41, 5.74) is 9.08. The molecule has 0 radical (unpaired) electrons. The molecule has 0 N–H and O–H groups in total. The van der Waals surface area contributed by atoms with Crippen molar-refractivity contribution in [2.45, 2.75) is 0 Å². The lowest BCUT2D eigenvalue weighted by Crippen LogP contribution is -1.91. The molecule has 0 saturated heterocycles. The third kappa shape index (κ3) is 4.02. The molecule has 0 aliphatic rings. The summed E-state index contributed by atoms with van der Waals surface area (Å²) in [6.45, 7) is 0. The van der Waals surface area contributed by atoms with Gasteiger partial charge in [0.1, 0.15) is 11.2 Å². The maximum absolute atomic E-state index is 6.90. The molecule has 1 nitrogen and oxygen atoms in total. The Morgan fingerprint density at radius 1 is 0.236 bits per heavy atom. The van der Waals surface area contributed by atoms with Gasteiger partial charge in [0.25, 0.3) is 0 Å². The highest BCUT2D eigenvalue weighted by Crippen LogP contribution is 2.48. The van der Waals surface area contributed by atoms with E-state index in [-0.39, 0.29) is 0 Å². The minimum absolute atomic E-state index is 0.903. The molecule has 0 fully saturated rings. The van der Waals surface area contributed by atoms with Crippen molar-refractivity contribution in [3.05, 3.63) is 182 Å². The van der Waals surface area contributed by atoms with Crippen molar-refractivity contribution in [2.24, 2.45) is 0 Å². The first-order valence-corrected chi connectivity index (χ1v) is 19.1. The van der Waals surface area contributed by atoms with Crippen LogP contribution in [-0.4, -0.2) is 0 Å². The Bertz CT molecular complexity index is 3680. The Labute approximate surface area is 315 Å². The minimum atomic E-state index is 0.903. The van der Waals surface area contributed by atoms with Crippen LogP contribution in [-0.2, 0) is 0 Å². The fourth-order valence-electron chi connectivity index (χ4n) is 9.85. The largest absolute Gasteiger partial charge is 0.456 e. The molecule has 0 spiro atoms. The molecule has 0 atom stereocenters. The van der Waals surface area contributed by atoms with E-state index in [9.17, 15) is 0 Å². The number of benzene rings is 12. The molecule has 0 amide bonds. The highest BCUT2D eigenvalue weighted by atomic mass is 16.3. The number of hydrogen-bond acceptors (Lipinski definition) is 1. The molecule has 0 unspecified atom stereocenters. The Kier molecular flexibility index (Phi) is 5.69. The molecule has 55 heavy (non-hydrogen) atoms. The Balaban J connectivity index is 1.15. The van der Waals surface area contributed by atoms with Crippen LogP contribution in [0.5, 0.6) is 0 Å². The van der Waals surface area contributed by atoms with E-state index in [0.29, 0.717) is 0 Å². The predicted molar refractivity (Wildman–Crippen MR) is 235 cm³/mol. The third-order valence-corrected chi connectivity index (χ3v) is 12.3. The fraction of sp³-hybridized carbons (Fsp3) is 0. The van der Waals surface area contributed by atoms with Crippen molar-refractivity contribution in [1.82, 2.24) is 0 Å². The van der Waals surface area contributed by atoms with Gasteiger partial charge in [-0.15, -0.1) is 0 Å². The van der Waals surface area contributed by atoms with E-state index >= 15 is 0 Å². The molecule has 12 aromatic carbocycles. The molecule has 13 aromatic rings. The van der Waals surface area contributed by atoms with E-state index in [0.717, 1.165) is 27.5 Å². The van der Waals surface area contributed by atoms with Crippen LogP contribution in [0.3, 0.4) is 0 Å². The number of furan rings is 1. The summed E-state index contributed by atoms with van der Waals surface area (Å²) in [6.07, 6.45) is 0. The van der Waals surface area contributed by atoms with Gasteiger partial charge in [-0.25, -0.2) is 0 Å². The molecule has 1 heterocycles. The van der Waals surface area contributed by atoms with Gasteiger partial charge in [0.05, 0.1) is 0 Å². The van der Waals surface area contributed by atoms with Gasteiger partial charge < -0.3 is 4.42 Å². The molecule has 0 aliphatic carbocycles. The summed E-state index contributed by atoms with van der Waals surface area (Å²) in [7, 11) is 0. The van der Waals surface area contributed by atoms with Crippen molar-refractivity contribution >= 4 is 97.3 Å². The molecule has 252 valence electrons. The molecule has 0 aliphatic heterocycles. The van der Waals surface area contributed by atoms with Gasteiger partial charge in [0, 0.05) is 10.8 Å². The highest BCUT2D eigenvalue weighted by Gasteiger charge is 2.21. The smallest absolute Gasteiger partial charge is 0.136 e. The van der Waals surface area contributed by atoms with Crippen LogP contribution >= 0.6 is 0 Å². The quantitative estimate of drug-likeness (QED) is 0.168. The second-order valence-corrected chi connectivity index (χ2v) is 15.2. The van der Waals surface area contributed by atoms with Crippen molar-refractivity contribution in [3.63, 3.8) is 0 Å². The molecule has 0 saturated carbocycles. The van der Waals surface area contributed by atoms with Crippen LogP contribution in [0, 0.1) is 0 Å². The summed E-state index contributed by atoms with van der Waals surface area (Å²) < 4.78 is 6.90. The van der Waals surface area contributed by atoms with Gasteiger partial charge in [-0.3, -0.25) is 0 Å². The summed E-state index contributed by atoms with van der Waals surface area (Å²) >= 11 is 0. The van der Waals surface area contributed by atoms with Gasteiger partial charge in [-0.05, 0) is 133 Å². The number of rotatable bonds is 3. The molecular formula is C54H30O. The lowest BCUT2D eigenvalue weighted by molar-refractivity contribution is 0.669. The maximum Gasteiger partial charge on any atom is 0.136 e. The maximum atomic E-state index is 6.90. The lowest BCUT2D eigenvalue weighted by Gasteiger charge is -2.18. The molecule has 13 rings (SSSR count). The molecule has 1 aromatic heterocycles. The van der Waals surface area contributed by atoms with Crippen LogP contribution in [0.15, 0.2) is 186 Å². The first-order valence-electron chi connectivity index (χ1n) is 19.1. The Morgan fingerprint density at radius 2 is 0.727 bits per heavy atom. The lowest BCUT2D eigenvalue weighted by atomic mass is 9.85. The zero-order valence-corrected chi connectivity index (χ0v) is 29.7. The average Bonchev–Trinajstić information content (AvgIpc) is 3.60. The topological polar surface area (TPSA) is 13.1 Å². The van der Waals surface area contributed by atoms with Crippen molar-refractivity contribution in [3.8, 4) is 33.4 Å². The highest BCUT2D eigenvalue weighted by molar-refractivity contribution is 6.30. The normalized spacial score (nSPS) is 12.4. The van der Waals surface area contributed by atoms with Crippen molar-refractivity contribution in [1.29, 1.82) is 0 Å². The number of hydrogen-bond donors (Lipinski definition) is 0. The van der Waals surface area contributed by atoms with E-state index in [2.05, 4.69) is 182 Å². The van der Waals surface area contributed by atoms with Crippen molar-refractivity contribution < 1.29 is 4.42 Å². The van der Waals surface area contributed by atoms with Gasteiger partial charge in [-0.2, -0.15) is 0 Å². The number of fused-ring (bicyclic) bond motifs is 4. The van der Waals surface area contributed by atoms with Gasteiger partial charge in [0.2, 0.25) is 0 Å². The van der Waals surface area contributed by atoms with E-state index in [1.165, 1.54) is 103 Å². The van der Waals surface area contributed by atoms with Crippen LogP contribution < -0.4 is 0 Å². The fourth-order valence-corrected chi connectivity index (χ4v) is 9.85. The van der Waals surface area contributed by atoms with Crippen LogP contribution in [0.2, 0.25) is 0 Å². The summed E-state index contributed by atoms with van der Waals surface area (Å²) in [5, 5.41) is 20.1. The van der Waals surface area contributed by atoms with Crippen LogP contribution in [0.25, 0.3) is 131 Å². The Morgan fingerprint density at radius 3 is 1.40 bits per heavy atom. The summed E-state index contributed by atoms with van der Waals surface area (Å²) in [6, 6.07) is 67.4. The minimum Gasteiger partial charge on any atom is -0.456 e. The monoisotopic (exact) mass is 694 g/mol. The van der Waals surface area contributed by atoms with E-state index in [1.807, 2.05) is 0 Å². The van der Waals surface area contributed by atoms with Gasteiger partial charge >= 0.3 is 0 Å². The summed E-state index contributed by atoms with van der Waals surface area (Å²) in [5.74, 6) is 0. The SMILES string of the molecule is c1ccc(-c2ccc3ccc4c(-c5cc(-c6ccc7ccc8cccc9ccc6c7c89)cc6oc7cc8ccccc8cc7c56)ccc5ccc2c3c54)cc1. The second-order valence-electron chi connectivity index (χ2n) is 15.2. The van der Waals surface area contributed by atoms with E-state index in [4.69, 9.17) is 4.42 Å². The molecule has 0 bridgehead atoms. The molecular weight excluding hydrogens is 665 g/mol. The Hall–Kier alpha value is -7.22. The van der Waals surface area contributed by atoms with E-state index in [1.54, 1.807) is 0 Å². The zero-order valence-electron chi connectivity index (χ0n) is 29.7. The predicted octanol–water partition coefficient (Wildman–Crippen LogP) is 15.5. The molecule has 1 heteroatoms. The summed E-state index contributed by atoms with van der Waals surface area (Å²) in [4.78, 5) is 0. The zero-order chi connectivity index (χ0) is 35.8. The third-order valence-electron chi connectivity index (χ3n) is 12.3. The van der Waals surface area contributed by atoms with Gasteiger partial charge in [0.15, 0.2) is 0 Å². The first kappa shape index (κ1) is 29.3. The van der Waals surface area contributed by atoms with Gasteiger partial charge in [-0.1, -0.05) is 158 Å². The second kappa shape index (κ2) is 10.7. The van der Waals surface area contributed by atoms with Crippen LogP contribution in [0.1, 0.15) is 0 Å².